The van der Waals surface area contributed by atoms with Crippen molar-refractivity contribution in [1.29, 1.82) is 5.41 Å². The predicted molar refractivity (Wildman–Crippen MR) is 81.9 cm³/mol. The lowest BCUT2D eigenvalue weighted by atomic mass is 9.70. The summed E-state index contributed by atoms with van der Waals surface area (Å²) in [7, 11) is 0. The van der Waals surface area contributed by atoms with Gasteiger partial charge in [-0.05, 0) is 49.2 Å². The molecule has 0 radical (unpaired) electrons. The van der Waals surface area contributed by atoms with Crippen molar-refractivity contribution in [3.8, 4) is 0 Å². The van der Waals surface area contributed by atoms with Gasteiger partial charge in [-0.25, -0.2) is 0 Å². The monoisotopic (exact) mass is 262 g/mol. The molecule has 0 aromatic heterocycles. The third-order valence-electron chi connectivity index (χ3n) is 4.63. The Balaban J connectivity index is 2.57. The first kappa shape index (κ1) is 13.6. The van der Waals surface area contributed by atoms with Crippen LogP contribution >= 0.6 is 11.8 Å². The minimum Gasteiger partial charge on any atom is -0.301 e. The van der Waals surface area contributed by atoms with Crippen LogP contribution in [0.25, 0.3) is 0 Å². The Hall–Kier alpha value is -0.830. The van der Waals surface area contributed by atoms with E-state index in [4.69, 9.17) is 10.4 Å². The Morgan fingerprint density at radius 2 is 2.06 bits per heavy atom. The summed E-state index contributed by atoms with van der Waals surface area (Å²) in [5.74, 6) is 0.991. The van der Waals surface area contributed by atoms with Gasteiger partial charge >= 0.3 is 0 Å². The average molecular weight is 262 g/mol. The molecule has 3 atom stereocenters. The van der Waals surface area contributed by atoms with Gasteiger partial charge in [0.2, 0.25) is 0 Å². The van der Waals surface area contributed by atoms with Gasteiger partial charge in [0.1, 0.15) is 0 Å². The highest BCUT2D eigenvalue weighted by atomic mass is 32.2. The lowest BCUT2D eigenvalue weighted by molar-refractivity contribution is 0.245. The molecule has 2 aliphatic rings. The molecule has 3 unspecified atom stereocenters. The van der Waals surface area contributed by atoms with Gasteiger partial charge in [-0.3, -0.25) is 4.99 Å². The first-order valence-electron chi connectivity index (χ1n) is 6.59. The van der Waals surface area contributed by atoms with E-state index >= 15 is 0 Å². The van der Waals surface area contributed by atoms with Gasteiger partial charge in [-0.15, -0.1) is 11.8 Å². The zero-order valence-corrected chi connectivity index (χ0v) is 12.7. The van der Waals surface area contributed by atoms with Crippen LogP contribution in [0.2, 0.25) is 0 Å². The van der Waals surface area contributed by atoms with Crippen molar-refractivity contribution < 1.29 is 0 Å². The zero-order valence-electron chi connectivity index (χ0n) is 11.9. The molecule has 0 fully saturated rings. The summed E-state index contributed by atoms with van der Waals surface area (Å²) >= 11 is 1.70. The smallest absolute Gasteiger partial charge is 0.0753 e. The number of fused-ring (bicyclic) bond motifs is 1. The van der Waals surface area contributed by atoms with E-state index in [9.17, 15) is 0 Å². The van der Waals surface area contributed by atoms with Crippen LogP contribution in [0.4, 0.5) is 0 Å². The van der Waals surface area contributed by atoms with E-state index in [1.807, 2.05) is 12.2 Å². The number of thioether (sulfide) groups is 1. The topological polar surface area (TPSA) is 36.2 Å². The van der Waals surface area contributed by atoms with Crippen molar-refractivity contribution in [3.63, 3.8) is 0 Å². The molecule has 98 valence electrons. The average Bonchev–Trinajstić information content (AvgIpc) is 2.36. The van der Waals surface area contributed by atoms with Gasteiger partial charge in [0, 0.05) is 4.91 Å². The van der Waals surface area contributed by atoms with Gasteiger partial charge < -0.3 is 5.41 Å². The molecule has 0 amide bonds. The summed E-state index contributed by atoms with van der Waals surface area (Å²) in [6, 6.07) is 0. The third kappa shape index (κ3) is 1.99. The molecule has 1 N–H and O–H groups in total. The summed E-state index contributed by atoms with van der Waals surface area (Å²) in [6.07, 6.45) is 7.06. The van der Waals surface area contributed by atoms with Crippen LogP contribution in [0.5, 0.6) is 0 Å². The molecule has 1 heterocycles. The largest absolute Gasteiger partial charge is 0.301 e. The molecule has 2 nitrogen and oxygen atoms in total. The minimum atomic E-state index is 0.0282. The predicted octanol–water partition coefficient (Wildman–Crippen LogP) is 4.09. The van der Waals surface area contributed by atoms with Crippen LogP contribution in [0.1, 0.15) is 34.1 Å². The quantitative estimate of drug-likeness (QED) is 0.748. The van der Waals surface area contributed by atoms with Crippen LogP contribution in [0.15, 0.2) is 27.6 Å². The molecule has 2 rings (SSSR count). The van der Waals surface area contributed by atoms with E-state index in [2.05, 4.69) is 34.0 Å². The Bertz CT molecular complexity index is 473. The van der Waals surface area contributed by atoms with Crippen LogP contribution in [0.3, 0.4) is 0 Å². The van der Waals surface area contributed by atoms with Gasteiger partial charge in [-0.2, -0.15) is 0 Å². The standard InChI is InChI=1S/C15H22N2S/c1-6-15(4)10(3)9(2)12-7-11(16)8-13(18-5)14(12)17-15/h7-10,16H,6H2,1-5H3. The van der Waals surface area contributed by atoms with Crippen molar-refractivity contribution in [3.05, 3.63) is 22.6 Å². The third-order valence-corrected chi connectivity index (χ3v) is 5.38. The molecule has 0 bridgehead atoms. The maximum absolute atomic E-state index is 7.92. The minimum absolute atomic E-state index is 0.0282. The van der Waals surface area contributed by atoms with E-state index in [1.165, 1.54) is 5.57 Å². The highest BCUT2D eigenvalue weighted by Gasteiger charge is 2.41. The van der Waals surface area contributed by atoms with E-state index in [0.29, 0.717) is 17.5 Å². The summed E-state index contributed by atoms with van der Waals surface area (Å²) in [5.41, 5.74) is 3.02. The Labute approximate surface area is 114 Å². The summed E-state index contributed by atoms with van der Waals surface area (Å²) < 4.78 is 0. The second kappa shape index (κ2) is 4.69. The van der Waals surface area contributed by atoms with Crippen molar-refractivity contribution in [1.82, 2.24) is 0 Å². The molecule has 3 heteroatoms. The number of hydrogen-bond donors (Lipinski definition) is 1. The van der Waals surface area contributed by atoms with Gasteiger partial charge in [0.25, 0.3) is 0 Å². The van der Waals surface area contributed by atoms with E-state index < -0.39 is 0 Å². The van der Waals surface area contributed by atoms with E-state index in [0.717, 1.165) is 17.0 Å². The molecule has 0 spiro atoms. The van der Waals surface area contributed by atoms with E-state index in [1.54, 1.807) is 11.8 Å². The fourth-order valence-corrected chi connectivity index (χ4v) is 3.42. The van der Waals surface area contributed by atoms with Crippen LogP contribution in [0, 0.1) is 17.2 Å². The first-order valence-corrected chi connectivity index (χ1v) is 7.82. The highest BCUT2D eigenvalue weighted by molar-refractivity contribution is 8.03. The fraction of sp³-hybridized carbons (Fsp3) is 0.600. The number of aliphatic imine (C=N–C) groups is 1. The maximum Gasteiger partial charge on any atom is 0.0753 e. The van der Waals surface area contributed by atoms with Crippen molar-refractivity contribution >= 4 is 23.2 Å². The number of allylic oxidation sites excluding steroid dienone is 4. The maximum atomic E-state index is 7.92. The first-order chi connectivity index (χ1) is 8.42. The molecule has 0 saturated carbocycles. The van der Waals surface area contributed by atoms with Crippen LogP contribution < -0.4 is 0 Å². The Morgan fingerprint density at radius 3 is 2.61 bits per heavy atom. The number of rotatable bonds is 2. The lowest BCUT2D eigenvalue weighted by Gasteiger charge is -2.42. The second-order valence-electron chi connectivity index (χ2n) is 5.52. The second-order valence-corrected chi connectivity index (χ2v) is 6.36. The van der Waals surface area contributed by atoms with Crippen molar-refractivity contribution in [2.24, 2.45) is 16.8 Å². The lowest BCUT2D eigenvalue weighted by Crippen LogP contribution is -2.42. The summed E-state index contributed by atoms with van der Waals surface area (Å²) in [6.45, 7) is 9.04. The number of nitrogens with one attached hydrogen (secondary N) is 1. The summed E-state index contributed by atoms with van der Waals surface area (Å²) in [4.78, 5) is 6.18. The molecule has 0 aromatic rings. The number of nitrogens with zero attached hydrogens (tertiary/aromatic N) is 1. The molecule has 18 heavy (non-hydrogen) atoms. The van der Waals surface area contributed by atoms with Crippen molar-refractivity contribution in [2.75, 3.05) is 6.26 Å². The highest BCUT2D eigenvalue weighted by Crippen LogP contribution is 2.43. The van der Waals surface area contributed by atoms with E-state index in [-0.39, 0.29) is 5.54 Å². The Morgan fingerprint density at radius 1 is 1.39 bits per heavy atom. The van der Waals surface area contributed by atoms with Crippen LogP contribution in [-0.2, 0) is 0 Å². The van der Waals surface area contributed by atoms with Crippen LogP contribution in [-0.4, -0.2) is 23.2 Å². The molecular formula is C15H22N2S. The molecule has 1 aliphatic carbocycles. The molecule has 0 saturated heterocycles. The number of hydrogen-bond acceptors (Lipinski definition) is 3. The summed E-state index contributed by atoms with van der Waals surface area (Å²) in [5, 5.41) is 7.92. The SMILES string of the molecule is CCC1(C)N=C2C(SC)=CC(=N)C=C2C(C)C1C. The Kier molecular flexibility index (Phi) is 3.54. The van der Waals surface area contributed by atoms with Crippen molar-refractivity contribution in [2.45, 2.75) is 39.7 Å². The fourth-order valence-electron chi connectivity index (χ4n) is 2.82. The normalized spacial score (nSPS) is 35.6. The van der Waals surface area contributed by atoms with Gasteiger partial charge in [0.05, 0.1) is 17.0 Å². The molecular weight excluding hydrogens is 240 g/mol. The molecule has 0 aromatic carbocycles. The zero-order chi connectivity index (χ0) is 13.5. The van der Waals surface area contributed by atoms with Gasteiger partial charge in [0.15, 0.2) is 0 Å². The molecule has 1 aliphatic heterocycles. The van der Waals surface area contributed by atoms with Gasteiger partial charge in [-0.1, -0.05) is 20.8 Å².